The van der Waals surface area contributed by atoms with Crippen molar-refractivity contribution in [2.24, 2.45) is 0 Å². The minimum Gasteiger partial charge on any atom is -0.478 e. The van der Waals surface area contributed by atoms with Crippen molar-refractivity contribution < 1.29 is 9.90 Å². The third-order valence-electron chi connectivity index (χ3n) is 3.21. The van der Waals surface area contributed by atoms with Gasteiger partial charge in [-0.1, -0.05) is 13.0 Å². The molecular formula is C15H18N2O2S. The van der Waals surface area contributed by atoms with E-state index < -0.39 is 5.97 Å². The van der Waals surface area contributed by atoms with Crippen LogP contribution in [0.4, 0.5) is 5.69 Å². The highest BCUT2D eigenvalue weighted by atomic mass is 32.2. The van der Waals surface area contributed by atoms with Gasteiger partial charge in [0.15, 0.2) is 0 Å². The molecule has 5 heteroatoms. The number of aromatic nitrogens is 1. The topological polar surface area (TPSA) is 53.4 Å². The fourth-order valence-corrected chi connectivity index (χ4v) is 2.98. The monoisotopic (exact) mass is 290 g/mol. The molecule has 0 bridgehead atoms. The number of fused-ring (bicyclic) bond motifs is 1. The quantitative estimate of drug-likeness (QED) is 0.874. The van der Waals surface area contributed by atoms with Crippen molar-refractivity contribution in [1.29, 1.82) is 0 Å². The van der Waals surface area contributed by atoms with Crippen molar-refractivity contribution in [2.45, 2.75) is 18.9 Å². The lowest BCUT2D eigenvalue weighted by atomic mass is 10.0. The molecule has 0 saturated carbocycles. The zero-order chi connectivity index (χ0) is 14.9. The number of benzene rings is 1. The lowest BCUT2D eigenvalue weighted by molar-refractivity contribution is 0.0691. The molecule has 0 spiro atoms. The fraction of sp³-hybridized carbons (Fsp3) is 0.333. The van der Waals surface area contributed by atoms with Crippen LogP contribution in [0.2, 0.25) is 0 Å². The summed E-state index contributed by atoms with van der Waals surface area (Å²) in [6.07, 6.45) is 0. The Balaban J connectivity index is 2.75. The summed E-state index contributed by atoms with van der Waals surface area (Å²) < 4.78 is 0. The van der Waals surface area contributed by atoms with Gasteiger partial charge in [-0.25, -0.2) is 9.78 Å². The summed E-state index contributed by atoms with van der Waals surface area (Å²) in [6.45, 7) is 3.84. The average molecular weight is 290 g/mol. The maximum Gasteiger partial charge on any atom is 0.338 e. The molecule has 0 amide bonds. The molecule has 0 aliphatic heterocycles. The molecule has 0 atom stereocenters. The molecule has 1 aromatic carbocycles. The van der Waals surface area contributed by atoms with Gasteiger partial charge < -0.3 is 10.0 Å². The maximum atomic E-state index is 11.5. The summed E-state index contributed by atoms with van der Waals surface area (Å²) in [6, 6.07) is 5.92. The van der Waals surface area contributed by atoms with E-state index in [1.165, 1.54) is 11.8 Å². The Morgan fingerprint density at radius 1 is 1.40 bits per heavy atom. The van der Waals surface area contributed by atoms with Gasteiger partial charge in [-0.2, -0.15) is 0 Å². The number of aromatic carboxylic acids is 1. The van der Waals surface area contributed by atoms with Crippen LogP contribution in [0.25, 0.3) is 10.9 Å². The van der Waals surface area contributed by atoms with E-state index in [0.29, 0.717) is 10.6 Å². The van der Waals surface area contributed by atoms with Gasteiger partial charge in [0.05, 0.1) is 11.1 Å². The molecule has 1 heterocycles. The van der Waals surface area contributed by atoms with Gasteiger partial charge in [0.1, 0.15) is 5.03 Å². The summed E-state index contributed by atoms with van der Waals surface area (Å²) >= 11 is 1.47. The lowest BCUT2D eigenvalue weighted by Crippen LogP contribution is -2.09. The Morgan fingerprint density at radius 3 is 2.65 bits per heavy atom. The molecule has 0 fully saturated rings. The van der Waals surface area contributed by atoms with Crippen molar-refractivity contribution >= 4 is 34.3 Å². The second-order valence-electron chi connectivity index (χ2n) is 4.75. The SMILES string of the molecule is CCSc1nc2cc(N(C)C)ccc2c(C)c1C(=O)O. The van der Waals surface area contributed by atoms with E-state index in [4.69, 9.17) is 0 Å². The van der Waals surface area contributed by atoms with E-state index in [1.807, 2.05) is 51.0 Å². The number of carboxylic acid groups (broad SMARTS) is 1. The van der Waals surface area contributed by atoms with Gasteiger partial charge in [0.2, 0.25) is 0 Å². The van der Waals surface area contributed by atoms with Crippen LogP contribution in [-0.2, 0) is 0 Å². The molecule has 4 nitrogen and oxygen atoms in total. The maximum absolute atomic E-state index is 11.5. The Hall–Kier alpha value is -1.75. The smallest absolute Gasteiger partial charge is 0.338 e. The molecule has 2 aromatic rings. The third kappa shape index (κ3) is 2.58. The standard InChI is InChI=1S/C15H18N2O2S/c1-5-20-14-13(15(18)19)9(2)11-7-6-10(17(3)4)8-12(11)16-14/h6-8H,5H2,1-4H3,(H,18,19). The Kier molecular flexibility index (Phi) is 4.18. The summed E-state index contributed by atoms with van der Waals surface area (Å²) in [5.41, 5.74) is 3.00. The molecule has 1 aromatic heterocycles. The molecule has 0 unspecified atom stereocenters. The predicted molar refractivity (Wildman–Crippen MR) is 84.2 cm³/mol. The van der Waals surface area contributed by atoms with E-state index in [1.54, 1.807) is 0 Å². The van der Waals surface area contributed by atoms with E-state index in [9.17, 15) is 9.90 Å². The Morgan fingerprint density at radius 2 is 2.10 bits per heavy atom. The number of carbonyl (C=O) groups is 1. The fourth-order valence-electron chi connectivity index (χ4n) is 2.16. The molecule has 0 radical (unpaired) electrons. The molecule has 2 rings (SSSR count). The normalized spacial score (nSPS) is 10.8. The van der Waals surface area contributed by atoms with Crippen LogP contribution in [-0.4, -0.2) is 35.9 Å². The number of rotatable bonds is 4. The van der Waals surface area contributed by atoms with Gasteiger partial charge in [0, 0.05) is 25.2 Å². The molecular weight excluding hydrogens is 272 g/mol. The van der Waals surface area contributed by atoms with Crippen LogP contribution in [0.15, 0.2) is 23.2 Å². The van der Waals surface area contributed by atoms with E-state index in [-0.39, 0.29) is 0 Å². The van der Waals surface area contributed by atoms with Crippen LogP contribution >= 0.6 is 11.8 Å². The van der Waals surface area contributed by atoms with Crippen LogP contribution in [0.3, 0.4) is 0 Å². The van der Waals surface area contributed by atoms with Gasteiger partial charge in [0.25, 0.3) is 0 Å². The summed E-state index contributed by atoms with van der Waals surface area (Å²) in [5.74, 6) is -0.115. The number of hydrogen-bond acceptors (Lipinski definition) is 4. The zero-order valence-electron chi connectivity index (χ0n) is 12.1. The van der Waals surface area contributed by atoms with Gasteiger partial charge in [-0.3, -0.25) is 0 Å². The van der Waals surface area contributed by atoms with Crippen molar-refractivity contribution in [3.8, 4) is 0 Å². The predicted octanol–water partition coefficient (Wildman–Crippen LogP) is 3.42. The Labute approximate surface area is 122 Å². The van der Waals surface area contributed by atoms with Crippen molar-refractivity contribution in [2.75, 3.05) is 24.7 Å². The van der Waals surface area contributed by atoms with E-state index >= 15 is 0 Å². The molecule has 1 N–H and O–H groups in total. The molecule has 106 valence electrons. The summed E-state index contributed by atoms with van der Waals surface area (Å²) in [4.78, 5) is 18.0. The first-order valence-corrected chi connectivity index (χ1v) is 7.42. The number of anilines is 1. The minimum atomic E-state index is -0.912. The van der Waals surface area contributed by atoms with Crippen molar-refractivity contribution in [1.82, 2.24) is 4.98 Å². The van der Waals surface area contributed by atoms with Gasteiger partial charge >= 0.3 is 5.97 Å². The molecule has 20 heavy (non-hydrogen) atoms. The first-order chi connectivity index (χ1) is 9.45. The van der Waals surface area contributed by atoms with Crippen LogP contribution in [0, 0.1) is 6.92 Å². The molecule has 0 aliphatic rings. The van der Waals surface area contributed by atoms with E-state index in [2.05, 4.69) is 4.98 Å². The second kappa shape index (κ2) is 5.71. The second-order valence-corrected chi connectivity index (χ2v) is 6.00. The number of thioether (sulfide) groups is 1. The number of hydrogen-bond donors (Lipinski definition) is 1. The number of pyridine rings is 1. The number of nitrogens with zero attached hydrogens (tertiary/aromatic N) is 2. The number of aryl methyl sites for hydroxylation is 1. The van der Waals surface area contributed by atoms with E-state index in [0.717, 1.165) is 27.9 Å². The van der Waals surface area contributed by atoms with Crippen molar-refractivity contribution in [3.63, 3.8) is 0 Å². The summed E-state index contributed by atoms with van der Waals surface area (Å²) in [7, 11) is 3.95. The third-order valence-corrected chi connectivity index (χ3v) is 4.07. The van der Waals surface area contributed by atoms with Gasteiger partial charge in [-0.15, -0.1) is 11.8 Å². The largest absolute Gasteiger partial charge is 0.478 e. The van der Waals surface area contributed by atoms with Crippen LogP contribution in [0.1, 0.15) is 22.8 Å². The summed E-state index contributed by atoms with van der Waals surface area (Å²) in [5, 5.41) is 10.9. The Bertz CT molecular complexity index is 668. The molecule has 0 aliphatic carbocycles. The highest BCUT2D eigenvalue weighted by molar-refractivity contribution is 7.99. The first kappa shape index (κ1) is 14.7. The van der Waals surface area contributed by atoms with Crippen LogP contribution < -0.4 is 4.90 Å². The minimum absolute atomic E-state index is 0.321. The van der Waals surface area contributed by atoms with Gasteiger partial charge in [-0.05, 0) is 30.4 Å². The first-order valence-electron chi connectivity index (χ1n) is 6.43. The zero-order valence-corrected chi connectivity index (χ0v) is 12.9. The molecule has 0 saturated heterocycles. The highest BCUT2D eigenvalue weighted by Gasteiger charge is 2.18. The number of carboxylic acids is 1. The van der Waals surface area contributed by atoms with Crippen molar-refractivity contribution in [3.05, 3.63) is 29.3 Å². The average Bonchev–Trinajstić information content (AvgIpc) is 2.38. The highest BCUT2D eigenvalue weighted by Crippen LogP contribution is 2.30. The van der Waals surface area contributed by atoms with Crippen LogP contribution in [0.5, 0.6) is 0 Å². The lowest BCUT2D eigenvalue weighted by Gasteiger charge is -2.15.